The molecular weight excluding hydrogens is 243 g/mol. The van der Waals surface area contributed by atoms with Crippen LogP contribution in [0.25, 0.3) is 11.1 Å². The molecule has 0 spiro atoms. The van der Waals surface area contributed by atoms with Gasteiger partial charge in [-0.3, -0.25) is 0 Å². The van der Waals surface area contributed by atoms with Gasteiger partial charge in [-0.15, -0.1) is 0 Å². The molecule has 2 aromatic rings. The molecule has 2 atom stereocenters. The zero-order valence-electron chi connectivity index (χ0n) is 9.34. The van der Waals surface area contributed by atoms with Crippen LogP contribution in [0.15, 0.2) is 16.5 Å². The van der Waals surface area contributed by atoms with Gasteiger partial charge in [0.15, 0.2) is 11.5 Å². The highest BCUT2D eigenvalue weighted by molar-refractivity contribution is 6.31. The van der Waals surface area contributed by atoms with Crippen LogP contribution in [-0.2, 0) is 0 Å². The van der Waals surface area contributed by atoms with E-state index in [2.05, 4.69) is 17.2 Å². The summed E-state index contributed by atoms with van der Waals surface area (Å²) in [5.74, 6) is 0.922. The number of nitrogens with zero attached hydrogens (tertiary/aromatic N) is 1. The average Bonchev–Trinajstić information content (AvgIpc) is 2.85. The summed E-state index contributed by atoms with van der Waals surface area (Å²) in [7, 11) is 0. The summed E-state index contributed by atoms with van der Waals surface area (Å²) in [5, 5.41) is 3.37. The Hall–Kier alpha value is -1.13. The fraction of sp³-hybridized carbons (Fsp3) is 0.417. The first-order chi connectivity index (χ1) is 8.15. The van der Waals surface area contributed by atoms with Gasteiger partial charge >= 0.3 is 0 Å². The maximum absolute atomic E-state index is 13.3. The fourth-order valence-corrected chi connectivity index (χ4v) is 2.40. The minimum absolute atomic E-state index is 0.0787. The highest BCUT2D eigenvalue weighted by Gasteiger charge is 2.29. The van der Waals surface area contributed by atoms with Crippen molar-refractivity contribution in [2.45, 2.75) is 12.8 Å². The molecule has 17 heavy (non-hydrogen) atoms. The smallest absolute Gasteiger partial charge is 0.200 e. The van der Waals surface area contributed by atoms with Crippen LogP contribution in [-0.4, -0.2) is 18.1 Å². The Bertz CT molecular complexity index is 530. The first-order valence-corrected chi connectivity index (χ1v) is 5.99. The molecule has 1 saturated heterocycles. The average molecular weight is 255 g/mol. The van der Waals surface area contributed by atoms with E-state index in [1.165, 1.54) is 12.1 Å². The third kappa shape index (κ3) is 1.81. The predicted molar refractivity (Wildman–Crippen MR) is 63.8 cm³/mol. The number of oxazole rings is 1. The van der Waals surface area contributed by atoms with Crippen molar-refractivity contribution in [3.05, 3.63) is 28.9 Å². The topological polar surface area (TPSA) is 38.1 Å². The van der Waals surface area contributed by atoms with E-state index in [1.807, 2.05) is 0 Å². The maximum Gasteiger partial charge on any atom is 0.200 e. The molecule has 0 bridgehead atoms. The van der Waals surface area contributed by atoms with Crippen LogP contribution >= 0.6 is 11.6 Å². The lowest BCUT2D eigenvalue weighted by molar-refractivity contribution is 0.434. The molecule has 3 rings (SSSR count). The number of nitrogens with one attached hydrogen (secondary N) is 1. The number of aromatic nitrogens is 1. The van der Waals surface area contributed by atoms with Crippen molar-refractivity contribution in [3.8, 4) is 0 Å². The second kappa shape index (κ2) is 3.96. The van der Waals surface area contributed by atoms with E-state index in [9.17, 15) is 4.39 Å². The molecule has 1 aliphatic heterocycles. The molecule has 1 aromatic carbocycles. The molecule has 90 valence electrons. The molecule has 0 amide bonds. The molecule has 3 nitrogen and oxygen atoms in total. The number of fused-ring (bicyclic) bond motifs is 1. The van der Waals surface area contributed by atoms with Crippen LogP contribution in [0.1, 0.15) is 18.7 Å². The normalized spacial score (nSPS) is 24.6. The highest BCUT2D eigenvalue weighted by atomic mass is 35.5. The zero-order chi connectivity index (χ0) is 12.0. The van der Waals surface area contributed by atoms with Gasteiger partial charge < -0.3 is 9.73 Å². The summed E-state index contributed by atoms with van der Waals surface area (Å²) >= 11 is 5.72. The molecule has 1 N–H and O–H groups in total. The second-order valence-corrected chi connectivity index (χ2v) is 4.94. The van der Waals surface area contributed by atoms with E-state index in [1.54, 1.807) is 0 Å². The highest BCUT2D eigenvalue weighted by Crippen LogP contribution is 2.31. The quantitative estimate of drug-likeness (QED) is 0.850. The van der Waals surface area contributed by atoms with Crippen molar-refractivity contribution in [3.63, 3.8) is 0 Å². The van der Waals surface area contributed by atoms with Gasteiger partial charge in [0.1, 0.15) is 11.3 Å². The molecule has 1 fully saturated rings. The fourth-order valence-electron chi connectivity index (χ4n) is 2.24. The summed E-state index contributed by atoms with van der Waals surface area (Å²) < 4.78 is 18.9. The van der Waals surface area contributed by atoms with Crippen LogP contribution in [0.4, 0.5) is 4.39 Å². The Balaban J connectivity index is 2.07. The summed E-state index contributed by atoms with van der Waals surface area (Å²) in [6.45, 7) is 3.95. The maximum atomic E-state index is 13.3. The Morgan fingerprint density at radius 3 is 3.00 bits per heavy atom. The monoisotopic (exact) mass is 254 g/mol. The van der Waals surface area contributed by atoms with Crippen LogP contribution in [0.2, 0.25) is 5.02 Å². The third-order valence-corrected chi connectivity index (χ3v) is 3.57. The van der Waals surface area contributed by atoms with Gasteiger partial charge in [-0.1, -0.05) is 18.5 Å². The van der Waals surface area contributed by atoms with Gasteiger partial charge in [0.05, 0.1) is 10.9 Å². The molecule has 0 radical (unpaired) electrons. The van der Waals surface area contributed by atoms with E-state index < -0.39 is 5.82 Å². The Morgan fingerprint density at radius 1 is 1.47 bits per heavy atom. The molecule has 0 saturated carbocycles. The van der Waals surface area contributed by atoms with E-state index in [-0.39, 0.29) is 10.9 Å². The van der Waals surface area contributed by atoms with Gasteiger partial charge in [0.2, 0.25) is 0 Å². The summed E-state index contributed by atoms with van der Waals surface area (Å²) in [6.07, 6.45) is 0. The molecule has 5 heteroatoms. The van der Waals surface area contributed by atoms with E-state index >= 15 is 0 Å². The van der Waals surface area contributed by atoms with Gasteiger partial charge in [0, 0.05) is 12.6 Å². The van der Waals surface area contributed by atoms with E-state index in [4.69, 9.17) is 16.0 Å². The van der Waals surface area contributed by atoms with Crippen LogP contribution in [0, 0.1) is 11.7 Å². The van der Waals surface area contributed by atoms with Crippen LogP contribution in [0.5, 0.6) is 0 Å². The lowest BCUT2D eigenvalue weighted by atomic mass is 9.98. The number of benzene rings is 1. The van der Waals surface area contributed by atoms with Crippen molar-refractivity contribution >= 4 is 22.7 Å². The lowest BCUT2D eigenvalue weighted by Crippen LogP contribution is -2.08. The summed E-state index contributed by atoms with van der Waals surface area (Å²) in [6, 6.07) is 2.80. The van der Waals surface area contributed by atoms with Gasteiger partial charge in [0.25, 0.3) is 0 Å². The minimum Gasteiger partial charge on any atom is -0.440 e. The summed E-state index contributed by atoms with van der Waals surface area (Å²) in [4.78, 5) is 4.39. The number of hydrogen-bond acceptors (Lipinski definition) is 3. The summed E-state index contributed by atoms with van der Waals surface area (Å²) in [5.41, 5.74) is 1.08. The lowest BCUT2D eigenvalue weighted by Gasteiger charge is -2.08. The van der Waals surface area contributed by atoms with Crippen LogP contribution in [0.3, 0.4) is 0 Å². The largest absolute Gasteiger partial charge is 0.440 e. The van der Waals surface area contributed by atoms with Crippen molar-refractivity contribution in [2.24, 2.45) is 5.92 Å². The third-order valence-electron chi connectivity index (χ3n) is 3.28. The predicted octanol–water partition coefficient (Wildman–Crippen LogP) is 2.94. The Kier molecular flexibility index (Phi) is 2.56. The van der Waals surface area contributed by atoms with Crippen molar-refractivity contribution in [1.29, 1.82) is 0 Å². The van der Waals surface area contributed by atoms with Gasteiger partial charge in [-0.2, -0.15) is 0 Å². The Labute approximate surface area is 103 Å². The van der Waals surface area contributed by atoms with Crippen molar-refractivity contribution in [2.75, 3.05) is 13.1 Å². The van der Waals surface area contributed by atoms with Crippen molar-refractivity contribution < 1.29 is 8.81 Å². The number of rotatable bonds is 1. The zero-order valence-corrected chi connectivity index (χ0v) is 10.1. The molecular formula is C12H12ClFN2O. The van der Waals surface area contributed by atoms with E-state index in [0.717, 1.165) is 13.1 Å². The van der Waals surface area contributed by atoms with Gasteiger partial charge in [-0.25, -0.2) is 9.37 Å². The Morgan fingerprint density at radius 2 is 2.29 bits per heavy atom. The van der Waals surface area contributed by atoms with Gasteiger partial charge in [-0.05, 0) is 18.5 Å². The molecule has 1 aliphatic rings. The number of hydrogen-bond donors (Lipinski definition) is 1. The standard InChI is InChI=1S/C12H12ClFN2O/c1-6-4-15-5-7(6)12-16-10-2-8(13)9(14)3-11(10)17-12/h2-3,6-7,15H,4-5H2,1H3/t6-,7-/m1/s1. The molecule has 1 aromatic heterocycles. The first kappa shape index (κ1) is 11.0. The molecule has 0 aliphatic carbocycles. The molecule has 0 unspecified atom stereocenters. The van der Waals surface area contributed by atoms with E-state index in [0.29, 0.717) is 22.9 Å². The van der Waals surface area contributed by atoms with Crippen LogP contribution < -0.4 is 5.32 Å². The SMILES string of the molecule is C[C@@H]1CNC[C@H]1c1nc2cc(Cl)c(F)cc2o1. The second-order valence-electron chi connectivity index (χ2n) is 4.53. The molecule has 2 heterocycles. The van der Waals surface area contributed by atoms with Crippen molar-refractivity contribution in [1.82, 2.24) is 10.3 Å². The first-order valence-electron chi connectivity index (χ1n) is 5.61. The minimum atomic E-state index is -0.473. The number of halogens is 2.